The lowest BCUT2D eigenvalue weighted by Crippen LogP contribution is -2.39. The summed E-state index contributed by atoms with van der Waals surface area (Å²) in [5.74, 6) is -0.868. The van der Waals surface area contributed by atoms with E-state index in [1.165, 1.54) is 12.1 Å². The van der Waals surface area contributed by atoms with Crippen molar-refractivity contribution >= 4 is 33.2 Å². The van der Waals surface area contributed by atoms with Gasteiger partial charge in [0.2, 0.25) is 5.91 Å². The highest BCUT2D eigenvalue weighted by Gasteiger charge is 2.29. The summed E-state index contributed by atoms with van der Waals surface area (Å²) >= 11 is 0. The Morgan fingerprint density at radius 3 is 2.26 bits per heavy atom. The molecule has 2 N–H and O–H groups in total. The summed E-state index contributed by atoms with van der Waals surface area (Å²) in [5.41, 5.74) is 2.71. The molecule has 0 heterocycles. The molecule has 0 aliphatic carbocycles. The Bertz CT molecular complexity index is 1310. The van der Waals surface area contributed by atoms with Crippen molar-refractivity contribution in [2.75, 3.05) is 16.2 Å². The van der Waals surface area contributed by atoms with E-state index in [0.717, 1.165) is 21.9 Å². The van der Waals surface area contributed by atoms with E-state index in [1.807, 2.05) is 33.8 Å². The first-order chi connectivity index (χ1) is 16.6. The van der Waals surface area contributed by atoms with Crippen LogP contribution in [0, 0.1) is 13.8 Å². The molecule has 0 saturated heterocycles. The number of para-hydroxylation sites is 1. The number of nitrogens with zero attached hydrogens (tertiary/aromatic N) is 1. The number of nitrogens with one attached hydrogen (secondary N) is 2. The van der Waals surface area contributed by atoms with Crippen LogP contribution >= 0.6 is 0 Å². The fourth-order valence-electron chi connectivity index (χ4n) is 3.54. The van der Waals surface area contributed by atoms with Gasteiger partial charge in [0.1, 0.15) is 6.54 Å². The van der Waals surface area contributed by atoms with Gasteiger partial charge in [0.05, 0.1) is 21.8 Å². The molecule has 0 spiro atoms. The van der Waals surface area contributed by atoms with Crippen LogP contribution in [0.1, 0.15) is 41.8 Å². The zero-order valence-corrected chi connectivity index (χ0v) is 21.2. The van der Waals surface area contributed by atoms with Gasteiger partial charge in [-0.3, -0.25) is 13.9 Å². The molecule has 7 nitrogen and oxygen atoms in total. The number of aryl methyl sites for hydroxylation is 1. The molecule has 8 heteroatoms. The minimum absolute atomic E-state index is 0.0259. The topological polar surface area (TPSA) is 95.6 Å². The van der Waals surface area contributed by atoms with Crippen molar-refractivity contribution in [3.8, 4) is 0 Å². The molecule has 2 amide bonds. The third-order valence-corrected chi connectivity index (χ3v) is 7.67. The molecule has 0 aromatic heterocycles. The van der Waals surface area contributed by atoms with Crippen molar-refractivity contribution in [2.45, 2.75) is 45.1 Å². The second-order valence-electron chi connectivity index (χ2n) is 8.42. The van der Waals surface area contributed by atoms with Crippen LogP contribution in [0.4, 0.5) is 11.4 Å². The zero-order valence-electron chi connectivity index (χ0n) is 20.4. The molecule has 184 valence electrons. The van der Waals surface area contributed by atoms with E-state index < -0.39 is 22.5 Å². The summed E-state index contributed by atoms with van der Waals surface area (Å²) in [7, 11) is -4.03. The number of anilines is 2. The number of amides is 2. The summed E-state index contributed by atoms with van der Waals surface area (Å²) in [6.45, 7) is 7.12. The summed E-state index contributed by atoms with van der Waals surface area (Å²) < 4.78 is 28.3. The molecule has 0 bridgehead atoms. The summed E-state index contributed by atoms with van der Waals surface area (Å²) in [5, 5.41) is 5.62. The third kappa shape index (κ3) is 6.08. The number of hydrogen-bond acceptors (Lipinski definition) is 4. The van der Waals surface area contributed by atoms with E-state index in [4.69, 9.17) is 0 Å². The number of carbonyl (C=O) groups excluding carboxylic acids is 2. The van der Waals surface area contributed by atoms with Crippen LogP contribution in [0.3, 0.4) is 0 Å². The molecular weight excluding hydrogens is 462 g/mol. The fraction of sp³-hybridized carbons (Fsp3) is 0.259. The first-order valence-corrected chi connectivity index (χ1v) is 12.9. The zero-order chi connectivity index (χ0) is 25.6. The Morgan fingerprint density at radius 1 is 0.914 bits per heavy atom. The quantitative estimate of drug-likeness (QED) is 0.453. The van der Waals surface area contributed by atoms with E-state index >= 15 is 0 Å². The van der Waals surface area contributed by atoms with Crippen LogP contribution in [0.2, 0.25) is 0 Å². The van der Waals surface area contributed by atoms with Crippen molar-refractivity contribution in [3.05, 3.63) is 89.5 Å². The van der Waals surface area contributed by atoms with E-state index in [2.05, 4.69) is 10.6 Å². The van der Waals surface area contributed by atoms with E-state index in [0.29, 0.717) is 16.9 Å². The van der Waals surface area contributed by atoms with Gasteiger partial charge in [-0.05, 0) is 68.7 Å². The van der Waals surface area contributed by atoms with Gasteiger partial charge in [-0.15, -0.1) is 0 Å². The van der Waals surface area contributed by atoms with E-state index in [1.54, 1.807) is 54.6 Å². The standard InChI is InChI=1S/C27H31N3O4S/c1-5-20(3)28-27(32)23-15-9-10-16-24(23)29-26(31)18-30(25-17-11-12-19(2)21(25)4)35(33,34)22-13-7-6-8-14-22/h6-17,20H,5,18H2,1-4H3,(H,28,32)(H,29,31)/t20-/m0/s1. The molecule has 3 aromatic carbocycles. The summed E-state index contributed by atoms with van der Waals surface area (Å²) in [6, 6.07) is 20.0. The highest BCUT2D eigenvalue weighted by molar-refractivity contribution is 7.92. The molecular formula is C27H31N3O4S. The largest absolute Gasteiger partial charge is 0.350 e. The lowest BCUT2D eigenvalue weighted by Gasteiger charge is -2.26. The molecule has 0 unspecified atom stereocenters. The monoisotopic (exact) mass is 493 g/mol. The molecule has 35 heavy (non-hydrogen) atoms. The maximum atomic E-state index is 13.6. The first kappa shape index (κ1) is 26.0. The van der Waals surface area contributed by atoms with Crippen molar-refractivity contribution in [2.24, 2.45) is 0 Å². The number of hydrogen-bond donors (Lipinski definition) is 2. The molecule has 1 atom stereocenters. The average Bonchev–Trinajstić information content (AvgIpc) is 2.85. The normalized spacial score (nSPS) is 12.0. The van der Waals surface area contributed by atoms with Crippen LogP contribution in [0.15, 0.2) is 77.7 Å². The van der Waals surface area contributed by atoms with Gasteiger partial charge in [-0.2, -0.15) is 0 Å². The van der Waals surface area contributed by atoms with Crippen LogP contribution in [-0.2, 0) is 14.8 Å². The Morgan fingerprint density at radius 2 is 1.57 bits per heavy atom. The highest BCUT2D eigenvalue weighted by atomic mass is 32.2. The molecule has 0 aliphatic rings. The predicted molar refractivity (Wildman–Crippen MR) is 139 cm³/mol. The van der Waals surface area contributed by atoms with Crippen LogP contribution < -0.4 is 14.9 Å². The van der Waals surface area contributed by atoms with Crippen LogP contribution in [-0.4, -0.2) is 32.8 Å². The lowest BCUT2D eigenvalue weighted by atomic mass is 10.1. The maximum Gasteiger partial charge on any atom is 0.264 e. The fourth-order valence-corrected chi connectivity index (χ4v) is 5.04. The molecule has 0 aliphatic heterocycles. The van der Waals surface area contributed by atoms with Crippen LogP contribution in [0.25, 0.3) is 0 Å². The number of benzene rings is 3. The minimum Gasteiger partial charge on any atom is -0.350 e. The van der Waals surface area contributed by atoms with Gasteiger partial charge in [0.25, 0.3) is 15.9 Å². The molecule has 0 fully saturated rings. The van der Waals surface area contributed by atoms with E-state index in [-0.39, 0.29) is 16.8 Å². The SMILES string of the molecule is CC[C@H](C)NC(=O)c1ccccc1NC(=O)CN(c1cccc(C)c1C)S(=O)(=O)c1ccccc1. The van der Waals surface area contributed by atoms with Crippen LogP contribution in [0.5, 0.6) is 0 Å². The van der Waals surface area contributed by atoms with E-state index in [9.17, 15) is 18.0 Å². The number of rotatable bonds is 9. The third-order valence-electron chi connectivity index (χ3n) is 5.90. The second kappa shape index (κ2) is 11.2. The Labute approximate surface area is 207 Å². The second-order valence-corrected chi connectivity index (χ2v) is 10.3. The number of sulfonamides is 1. The highest BCUT2D eigenvalue weighted by Crippen LogP contribution is 2.28. The molecule has 3 rings (SSSR count). The Kier molecular flexibility index (Phi) is 8.30. The van der Waals surface area contributed by atoms with Gasteiger partial charge in [0, 0.05) is 6.04 Å². The predicted octanol–water partition coefficient (Wildman–Crippen LogP) is 4.67. The van der Waals surface area contributed by atoms with Gasteiger partial charge in [-0.25, -0.2) is 8.42 Å². The van der Waals surface area contributed by atoms with Crippen molar-refractivity contribution in [1.29, 1.82) is 0 Å². The van der Waals surface area contributed by atoms with Crippen molar-refractivity contribution < 1.29 is 18.0 Å². The molecule has 3 aromatic rings. The van der Waals surface area contributed by atoms with Crippen molar-refractivity contribution in [3.63, 3.8) is 0 Å². The Balaban J connectivity index is 1.95. The minimum atomic E-state index is -4.03. The van der Waals surface area contributed by atoms with Gasteiger partial charge in [-0.1, -0.05) is 49.4 Å². The Hall–Kier alpha value is -3.65. The van der Waals surface area contributed by atoms with Gasteiger partial charge >= 0.3 is 0 Å². The summed E-state index contributed by atoms with van der Waals surface area (Å²) in [6.07, 6.45) is 0.766. The number of carbonyl (C=O) groups is 2. The lowest BCUT2D eigenvalue weighted by molar-refractivity contribution is -0.114. The van der Waals surface area contributed by atoms with Crippen molar-refractivity contribution in [1.82, 2.24) is 5.32 Å². The molecule has 0 saturated carbocycles. The summed E-state index contributed by atoms with van der Waals surface area (Å²) in [4.78, 5) is 26.0. The average molecular weight is 494 g/mol. The first-order valence-electron chi connectivity index (χ1n) is 11.5. The molecule has 0 radical (unpaired) electrons. The van der Waals surface area contributed by atoms with Gasteiger partial charge < -0.3 is 10.6 Å². The maximum absolute atomic E-state index is 13.6. The smallest absolute Gasteiger partial charge is 0.264 e. The van der Waals surface area contributed by atoms with Gasteiger partial charge in [0.15, 0.2) is 0 Å².